The van der Waals surface area contributed by atoms with Crippen molar-refractivity contribution >= 4 is 5.91 Å². The van der Waals surface area contributed by atoms with Crippen molar-refractivity contribution in [1.82, 2.24) is 5.32 Å². The van der Waals surface area contributed by atoms with Crippen molar-refractivity contribution in [3.8, 4) is 0 Å². The van der Waals surface area contributed by atoms with Gasteiger partial charge in [0.15, 0.2) is 6.29 Å². The summed E-state index contributed by atoms with van der Waals surface area (Å²) in [6.07, 6.45) is 12.7. The van der Waals surface area contributed by atoms with Gasteiger partial charge >= 0.3 is 0 Å². The Morgan fingerprint density at radius 1 is 0.761 bits per heavy atom. The van der Waals surface area contributed by atoms with Crippen molar-refractivity contribution in [1.29, 1.82) is 0 Å². The third kappa shape index (κ3) is 17.7. The SMILES string of the molecule is CC/C=C/CC/C=C/CCCC(O)C(O)C(COC1OC(CO)C(O)C(O)C1O)NC(=O)C(O)CCCCCCCCCCCC. The Bertz CT molecular complexity index is 810. The maximum absolute atomic E-state index is 12.9. The first-order chi connectivity index (χ1) is 22.2. The molecule has 46 heavy (non-hydrogen) atoms. The Balaban J connectivity index is 2.66. The molecule has 11 nitrogen and oxygen atoms in total. The van der Waals surface area contributed by atoms with Crippen LogP contribution in [0.25, 0.3) is 0 Å². The lowest BCUT2D eigenvalue weighted by Gasteiger charge is -2.40. The molecule has 0 aromatic heterocycles. The zero-order valence-corrected chi connectivity index (χ0v) is 28.3. The molecule has 270 valence electrons. The summed E-state index contributed by atoms with van der Waals surface area (Å²) in [4.78, 5) is 12.9. The van der Waals surface area contributed by atoms with E-state index < -0.39 is 74.2 Å². The van der Waals surface area contributed by atoms with Gasteiger partial charge < -0.3 is 50.5 Å². The molecule has 0 aromatic carbocycles. The molecule has 8 N–H and O–H groups in total. The lowest BCUT2D eigenvalue weighted by atomic mass is 9.98. The summed E-state index contributed by atoms with van der Waals surface area (Å²) < 4.78 is 11.0. The van der Waals surface area contributed by atoms with Gasteiger partial charge in [-0.25, -0.2) is 0 Å². The van der Waals surface area contributed by atoms with Crippen LogP contribution < -0.4 is 5.32 Å². The first-order valence-electron chi connectivity index (χ1n) is 17.7. The number of rotatable bonds is 27. The quantitative estimate of drug-likeness (QED) is 0.0481. The topological polar surface area (TPSA) is 189 Å². The van der Waals surface area contributed by atoms with Gasteiger partial charge in [0.1, 0.15) is 36.6 Å². The molecule has 1 aliphatic heterocycles. The number of nitrogens with one attached hydrogen (secondary N) is 1. The third-order valence-electron chi connectivity index (χ3n) is 8.50. The monoisotopic (exact) mass is 659 g/mol. The molecule has 9 unspecified atom stereocenters. The van der Waals surface area contributed by atoms with E-state index in [4.69, 9.17) is 9.47 Å². The van der Waals surface area contributed by atoms with Crippen LogP contribution in [0.3, 0.4) is 0 Å². The van der Waals surface area contributed by atoms with E-state index in [1.165, 1.54) is 38.5 Å². The number of hydrogen-bond acceptors (Lipinski definition) is 10. The number of carbonyl (C=O) groups excluding carboxylic acids is 1. The minimum Gasteiger partial charge on any atom is -0.394 e. The number of allylic oxidation sites excluding steroid dienone is 4. The fourth-order valence-electron chi connectivity index (χ4n) is 5.46. The molecule has 9 atom stereocenters. The van der Waals surface area contributed by atoms with E-state index in [1.54, 1.807) is 0 Å². The van der Waals surface area contributed by atoms with Crippen LogP contribution in [0.2, 0.25) is 0 Å². The van der Waals surface area contributed by atoms with Gasteiger partial charge in [0, 0.05) is 0 Å². The fraction of sp³-hybridized carbons (Fsp3) is 0.857. The summed E-state index contributed by atoms with van der Waals surface area (Å²) in [5.74, 6) is -0.718. The molecule has 1 fully saturated rings. The molecule has 0 bridgehead atoms. The molecule has 0 aliphatic carbocycles. The third-order valence-corrected chi connectivity index (χ3v) is 8.50. The highest BCUT2D eigenvalue weighted by Crippen LogP contribution is 2.23. The van der Waals surface area contributed by atoms with Crippen LogP contribution in [0.4, 0.5) is 0 Å². The lowest BCUT2D eigenvalue weighted by Crippen LogP contribution is -2.60. The highest BCUT2D eigenvalue weighted by molar-refractivity contribution is 5.80. The van der Waals surface area contributed by atoms with Crippen molar-refractivity contribution in [3.05, 3.63) is 24.3 Å². The number of amides is 1. The van der Waals surface area contributed by atoms with Gasteiger partial charge in [-0.3, -0.25) is 4.79 Å². The summed E-state index contributed by atoms with van der Waals surface area (Å²) in [6, 6.07) is -1.18. The van der Waals surface area contributed by atoms with Crippen LogP contribution >= 0.6 is 0 Å². The van der Waals surface area contributed by atoms with Crippen LogP contribution in [0.1, 0.15) is 123 Å². The summed E-state index contributed by atoms with van der Waals surface area (Å²) in [7, 11) is 0. The summed E-state index contributed by atoms with van der Waals surface area (Å²) in [5.41, 5.74) is 0. The Labute approximate surface area is 276 Å². The fourth-order valence-corrected chi connectivity index (χ4v) is 5.46. The number of ether oxygens (including phenoxy) is 2. The van der Waals surface area contributed by atoms with Crippen LogP contribution in [-0.2, 0) is 14.3 Å². The van der Waals surface area contributed by atoms with Crippen LogP contribution in [-0.4, -0.2) is 110 Å². The van der Waals surface area contributed by atoms with Crippen molar-refractivity contribution in [2.75, 3.05) is 13.2 Å². The zero-order chi connectivity index (χ0) is 34.2. The average Bonchev–Trinajstić information content (AvgIpc) is 3.05. The molecule has 0 radical (unpaired) electrons. The highest BCUT2D eigenvalue weighted by Gasteiger charge is 2.44. The number of aliphatic hydroxyl groups excluding tert-OH is 7. The van der Waals surface area contributed by atoms with Gasteiger partial charge in [-0.15, -0.1) is 0 Å². The molecule has 1 aliphatic rings. The standard InChI is InChI=1S/C35H65NO10/c1-3-5-7-9-11-13-15-17-19-21-23-28(39)34(44)36-26(25-45-35-33(43)32(42)31(41)29(24-37)46-35)30(40)27(38)22-20-18-16-14-12-10-8-6-4-2/h6,8,14,16,26-33,35,37-43H,3-5,7,9-13,15,17-25H2,1-2H3,(H,36,44)/b8-6+,16-14+. The maximum atomic E-state index is 12.9. The molecule has 1 rings (SSSR count). The summed E-state index contributed by atoms with van der Waals surface area (Å²) in [6.45, 7) is 3.21. The first-order valence-corrected chi connectivity index (χ1v) is 17.7. The van der Waals surface area contributed by atoms with Crippen molar-refractivity contribution in [2.45, 2.75) is 178 Å². The van der Waals surface area contributed by atoms with Gasteiger partial charge in [0.25, 0.3) is 0 Å². The average molecular weight is 660 g/mol. The van der Waals surface area contributed by atoms with Crippen molar-refractivity contribution < 1.29 is 50.0 Å². The number of aliphatic hydroxyl groups is 7. The Morgan fingerprint density at radius 2 is 1.35 bits per heavy atom. The minimum atomic E-state index is -1.66. The van der Waals surface area contributed by atoms with Gasteiger partial charge in [-0.2, -0.15) is 0 Å². The zero-order valence-electron chi connectivity index (χ0n) is 28.3. The number of hydrogen-bond donors (Lipinski definition) is 8. The van der Waals surface area contributed by atoms with E-state index in [9.17, 15) is 40.5 Å². The molecule has 0 saturated carbocycles. The van der Waals surface area contributed by atoms with Gasteiger partial charge in [0.2, 0.25) is 5.91 Å². The largest absolute Gasteiger partial charge is 0.394 e. The molecule has 1 saturated heterocycles. The summed E-state index contributed by atoms with van der Waals surface area (Å²) >= 11 is 0. The molecular formula is C35H65NO10. The van der Waals surface area contributed by atoms with E-state index in [2.05, 4.69) is 37.4 Å². The van der Waals surface area contributed by atoms with E-state index in [1.807, 2.05) is 6.08 Å². The predicted octanol–water partition coefficient (Wildman–Crippen LogP) is 3.15. The van der Waals surface area contributed by atoms with E-state index in [0.717, 1.165) is 38.5 Å². The second-order valence-corrected chi connectivity index (χ2v) is 12.5. The molecule has 0 aromatic rings. The van der Waals surface area contributed by atoms with Gasteiger partial charge in [-0.1, -0.05) is 102 Å². The molecular weight excluding hydrogens is 594 g/mol. The van der Waals surface area contributed by atoms with E-state index >= 15 is 0 Å². The van der Waals surface area contributed by atoms with Crippen molar-refractivity contribution in [2.24, 2.45) is 0 Å². The molecule has 11 heteroatoms. The number of unbranched alkanes of at least 4 members (excludes halogenated alkanes) is 11. The van der Waals surface area contributed by atoms with Gasteiger partial charge in [-0.05, 0) is 44.9 Å². The second-order valence-electron chi connectivity index (χ2n) is 12.5. The second kappa shape index (κ2) is 26.5. The molecule has 0 spiro atoms. The Kier molecular flexibility index (Phi) is 24.6. The van der Waals surface area contributed by atoms with Crippen molar-refractivity contribution in [3.63, 3.8) is 0 Å². The van der Waals surface area contributed by atoms with Crippen LogP contribution in [0.5, 0.6) is 0 Å². The summed E-state index contributed by atoms with van der Waals surface area (Å²) in [5, 5.41) is 74.8. The van der Waals surface area contributed by atoms with Crippen LogP contribution in [0, 0.1) is 0 Å². The lowest BCUT2D eigenvalue weighted by molar-refractivity contribution is -0.303. The molecule has 1 heterocycles. The van der Waals surface area contributed by atoms with Gasteiger partial charge in [0.05, 0.1) is 25.4 Å². The van der Waals surface area contributed by atoms with E-state index in [-0.39, 0.29) is 12.8 Å². The first kappa shape index (κ1) is 42.6. The maximum Gasteiger partial charge on any atom is 0.249 e. The van der Waals surface area contributed by atoms with E-state index in [0.29, 0.717) is 19.3 Å². The number of carbonyl (C=O) groups is 1. The smallest absolute Gasteiger partial charge is 0.249 e. The normalized spacial score (nSPS) is 24.8. The minimum absolute atomic E-state index is 0.245. The highest BCUT2D eigenvalue weighted by atomic mass is 16.7. The molecule has 1 amide bonds. The Hall–Kier alpha value is -1.41. The predicted molar refractivity (Wildman–Crippen MR) is 178 cm³/mol. The Morgan fingerprint density at radius 3 is 1.96 bits per heavy atom. The van der Waals surface area contributed by atoms with Crippen LogP contribution in [0.15, 0.2) is 24.3 Å².